The Balaban J connectivity index is 2.12. The second-order valence-electron chi connectivity index (χ2n) is 5.50. The van der Waals surface area contributed by atoms with Gasteiger partial charge in [-0.1, -0.05) is 6.07 Å². The summed E-state index contributed by atoms with van der Waals surface area (Å²) in [5.74, 6) is -0.674. The van der Waals surface area contributed by atoms with E-state index in [1.165, 1.54) is 12.1 Å². The summed E-state index contributed by atoms with van der Waals surface area (Å²) in [5, 5.41) is 23.3. The Morgan fingerprint density at radius 3 is 2.76 bits per heavy atom. The standard InChI is InChI=1S/C14H18N2O5/c1-9-11(16(19)20)4-3-5-12(9)21-8-14(2,13(17)18)15-10-6-7-10/h3-5,10,15H,6-8H2,1-2H3,(H,17,18). The normalized spacial score (nSPS) is 17.0. The predicted molar refractivity (Wildman–Crippen MR) is 75.5 cm³/mol. The molecule has 0 spiro atoms. The second-order valence-corrected chi connectivity index (χ2v) is 5.50. The van der Waals surface area contributed by atoms with Crippen molar-refractivity contribution in [2.45, 2.75) is 38.3 Å². The van der Waals surface area contributed by atoms with Crippen LogP contribution in [0, 0.1) is 17.0 Å². The number of carbonyl (C=O) groups is 1. The number of ether oxygens (including phenoxy) is 1. The minimum atomic E-state index is -1.21. The number of nitro benzene ring substituents is 1. The molecule has 0 amide bonds. The fraction of sp³-hybridized carbons (Fsp3) is 0.500. The number of nitrogens with zero attached hydrogens (tertiary/aromatic N) is 1. The molecule has 21 heavy (non-hydrogen) atoms. The molecule has 0 bridgehead atoms. The van der Waals surface area contributed by atoms with Gasteiger partial charge in [0, 0.05) is 12.1 Å². The summed E-state index contributed by atoms with van der Waals surface area (Å²) in [5.41, 5.74) is -0.862. The van der Waals surface area contributed by atoms with Crippen molar-refractivity contribution >= 4 is 11.7 Å². The van der Waals surface area contributed by atoms with E-state index in [0.29, 0.717) is 11.3 Å². The largest absolute Gasteiger partial charge is 0.491 e. The molecule has 0 radical (unpaired) electrons. The molecule has 1 atom stereocenters. The number of nitrogens with one attached hydrogen (secondary N) is 1. The summed E-state index contributed by atoms with van der Waals surface area (Å²) in [6, 6.07) is 4.72. The maximum Gasteiger partial charge on any atom is 0.327 e. The van der Waals surface area contributed by atoms with Crippen LogP contribution in [0.3, 0.4) is 0 Å². The van der Waals surface area contributed by atoms with Crippen molar-refractivity contribution in [2.75, 3.05) is 6.61 Å². The van der Waals surface area contributed by atoms with Crippen LogP contribution in [0.25, 0.3) is 0 Å². The Morgan fingerprint density at radius 1 is 1.57 bits per heavy atom. The van der Waals surface area contributed by atoms with E-state index in [2.05, 4.69) is 5.32 Å². The zero-order valence-corrected chi connectivity index (χ0v) is 12.0. The third-order valence-corrected chi connectivity index (χ3v) is 3.54. The van der Waals surface area contributed by atoms with Crippen molar-refractivity contribution in [2.24, 2.45) is 0 Å². The summed E-state index contributed by atoms with van der Waals surface area (Å²) >= 11 is 0. The molecule has 1 aliphatic rings. The molecular formula is C14H18N2O5. The molecule has 2 N–H and O–H groups in total. The van der Waals surface area contributed by atoms with Crippen molar-refractivity contribution in [1.29, 1.82) is 0 Å². The van der Waals surface area contributed by atoms with Crippen molar-refractivity contribution in [3.05, 3.63) is 33.9 Å². The molecule has 114 valence electrons. The van der Waals surface area contributed by atoms with Gasteiger partial charge in [0.15, 0.2) is 0 Å². The minimum Gasteiger partial charge on any atom is -0.491 e. The van der Waals surface area contributed by atoms with Crippen LogP contribution in [0.15, 0.2) is 18.2 Å². The van der Waals surface area contributed by atoms with Gasteiger partial charge >= 0.3 is 5.97 Å². The van der Waals surface area contributed by atoms with E-state index in [1.807, 2.05) is 0 Å². The topological polar surface area (TPSA) is 102 Å². The van der Waals surface area contributed by atoms with Crippen LogP contribution < -0.4 is 10.1 Å². The highest BCUT2D eigenvalue weighted by Gasteiger charge is 2.39. The Hall–Kier alpha value is -2.15. The molecule has 7 heteroatoms. The van der Waals surface area contributed by atoms with E-state index in [-0.39, 0.29) is 18.3 Å². The average molecular weight is 294 g/mol. The van der Waals surface area contributed by atoms with Crippen molar-refractivity contribution < 1.29 is 19.6 Å². The number of nitro groups is 1. The highest BCUT2D eigenvalue weighted by molar-refractivity contribution is 5.78. The van der Waals surface area contributed by atoms with Gasteiger partial charge in [0.25, 0.3) is 5.69 Å². The van der Waals surface area contributed by atoms with Gasteiger partial charge in [-0.3, -0.25) is 20.2 Å². The van der Waals surface area contributed by atoms with Crippen LogP contribution in [0.2, 0.25) is 0 Å². The summed E-state index contributed by atoms with van der Waals surface area (Å²) < 4.78 is 5.53. The van der Waals surface area contributed by atoms with E-state index in [1.54, 1.807) is 19.9 Å². The molecule has 1 saturated carbocycles. The third-order valence-electron chi connectivity index (χ3n) is 3.54. The van der Waals surface area contributed by atoms with Gasteiger partial charge in [-0.2, -0.15) is 0 Å². The van der Waals surface area contributed by atoms with E-state index < -0.39 is 16.4 Å². The average Bonchev–Trinajstić information content (AvgIpc) is 3.20. The van der Waals surface area contributed by atoms with Crippen molar-refractivity contribution in [1.82, 2.24) is 5.32 Å². The fourth-order valence-corrected chi connectivity index (χ4v) is 2.02. The number of aliphatic carboxylic acids is 1. The molecule has 0 heterocycles. The van der Waals surface area contributed by atoms with Gasteiger partial charge in [0.05, 0.1) is 10.5 Å². The maximum absolute atomic E-state index is 11.4. The lowest BCUT2D eigenvalue weighted by atomic mass is 10.0. The first-order chi connectivity index (χ1) is 9.83. The first kappa shape index (κ1) is 15.2. The number of rotatable bonds is 7. The number of hydrogen-bond donors (Lipinski definition) is 2. The van der Waals surface area contributed by atoms with Gasteiger partial charge in [-0.15, -0.1) is 0 Å². The lowest BCUT2D eigenvalue weighted by Crippen LogP contribution is -2.54. The Labute approximate surface area is 122 Å². The van der Waals surface area contributed by atoms with Crippen LogP contribution in [-0.4, -0.2) is 34.2 Å². The summed E-state index contributed by atoms with van der Waals surface area (Å²) in [7, 11) is 0. The summed E-state index contributed by atoms with van der Waals surface area (Å²) in [6.45, 7) is 3.04. The molecule has 1 aliphatic carbocycles. The Kier molecular flexibility index (Phi) is 4.13. The summed E-state index contributed by atoms with van der Waals surface area (Å²) in [4.78, 5) is 21.8. The first-order valence-electron chi connectivity index (χ1n) is 6.71. The molecule has 1 unspecified atom stereocenters. The monoisotopic (exact) mass is 294 g/mol. The second kappa shape index (κ2) is 5.69. The van der Waals surface area contributed by atoms with Crippen LogP contribution >= 0.6 is 0 Å². The van der Waals surface area contributed by atoms with Gasteiger partial charge in [0.1, 0.15) is 17.9 Å². The van der Waals surface area contributed by atoms with E-state index >= 15 is 0 Å². The zero-order chi connectivity index (χ0) is 15.6. The van der Waals surface area contributed by atoms with Crippen LogP contribution in [0.1, 0.15) is 25.3 Å². The lowest BCUT2D eigenvalue weighted by Gasteiger charge is -2.26. The van der Waals surface area contributed by atoms with Crippen molar-refractivity contribution in [3.8, 4) is 5.75 Å². The van der Waals surface area contributed by atoms with Crippen molar-refractivity contribution in [3.63, 3.8) is 0 Å². The van der Waals surface area contributed by atoms with Gasteiger partial charge in [-0.25, -0.2) is 0 Å². The molecule has 7 nitrogen and oxygen atoms in total. The van der Waals surface area contributed by atoms with E-state index in [0.717, 1.165) is 12.8 Å². The minimum absolute atomic E-state index is 0.0420. The molecule has 0 saturated heterocycles. The Bertz CT molecular complexity index is 570. The smallest absolute Gasteiger partial charge is 0.327 e. The molecule has 1 aromatic rings. The number of carboxylic acid groups (broad SMARTS) is 1. The number of hydrogen-bond acceptors (Lipinski definition) is 5. The molecule has 1 fully saturated rings. The van der Waals surface area contributed by atoms with Gasteiger partial charge < -0.3 is 9.84 Å². The predicted octanol–water partition coefficient (Wildman–Crippen LogP) is 1.88. The summed E-state index contributed by atoms with van der Waals surface area (Å²) in [6.07, 6.45) is 1.91. The van der Waals surface area contributed by atoms with Crippen LogP contribution in [-0.2, 0) is 4.79 Å². The van der Waals surface area contributed by atoms with Gasteiger partial charge in [0.2, 0.25) is 0 Å². The molecule has 0 aliphatic heterocycles. The highest BCUT2D eigenvalue weighted by atomic mass is 16.6. The molecule has 1 aromatic carbocycles. The maximum atomic E-state index is 11.4. The SMILES string of the molecule is Cc1c(OCC(C)(NC2CC2)C(=O)O)cccc1[N+](=O)[O-]. The highest BCUT2D eigenvalue weighted by Crippen LogP contribution is 2.28. The quantitative estimate of drug-likeness (QED) is 0.588. The molecule has 2 rings (SSSR count). The first-order valence-corrected chi connectivity index (χ1v) is 6.71. The number of benzene rings is 1. The van der Waals surface area contributed by atoms with E-state index in [9.17, 15) is 20.0 Å². The van der Waals surface area contributed by atoms with Gasteiger partial charge in [-0.05, 0) is 32.8 Å². The third kappa shape index (κ3) is 3.49. The molecule has 0 aromatic heterocycles. The fourth-order valence-electron chi connectivity index (χ4n) is 2.02. The lowest BCUT2D eigenvalue weighted by molar-refractivity contribution is -0.385. The van der Waals surface area contributed by atoms with Crippen LogP contribution in [0.5, 0.6) is 5.75 Å². The zero-order valence-electron chi connectivity index (χ0n) is 12.0. The molecular weight excluding hydrogens is 276 g/mol. The van der Waals surface area contributed by atoms with E-state index in [4.69, 9.17) is 4.74 Å². The Morgan fingerprint density at radius 2 is 2.24 bits per heavy atom. The van der Waals surface area contributed by atoms with Crippen LogP contribution in [0.4, 0.5) is 5.69 Å². The number of carboxylic acids is 1.